The Kier molecular flexibility index (Phi) is 3.05. The van der Waals surface area contributed by atoms with E-state index in [1.54, 1.807) is 24.5 Å². The van der Waals surface area contributed by atoms with E-state index >= 15 is 0 Å². The number of anilines is 1. The minimum Gasteiger partial charge on any atom is -0.494 e. The number of fused-ring (bicyclic) bond motifs is 2. The summed E-state index contributed by atoms with van der Waals surface area (Å²) in [5, 5.41) is 0.294. The molecule has 1 aromatic carbocycles. The molecule has 2 aliphatic rings. The van der Waals surface area contributed by atoms with E-state index in [9.17, 15) is 9.59 Å². The second kappa shape index (κ2) is 4.99. The molecule has 118 valence electrons. The fraction of sp³-hybridized carbons (Fsp3) is 0.267. The molecule has 0 radical (unpaired) electrons. The van der Waals surface area contributed by atoms with E-state index in [2.05, 4.69) is 9.97 Å². The Morgan fingerprint density at radius 3 is 3.00 bits per heavy atom. The first-order chi connectivity index (χ1) is 11.1. The molecule has 4 rings (SSSR count). The number of benzene rings is 1. The third-order valence-electron chi connectivity index (χ3n) is 4.23. The number of nitrogens with zero attached hydrogens (tertiary/aromatic N) is 3. The molecule has 0 spiro atoms. The second-order valence-electron chi connectivity index (χ2n) is 5.42. The van der Waals surface area contributed by atoms with Crippen molar-refractivity contribution in [1.29, 1.82) is 0 Å². The van der Waals surface area contributed by atoms with Crippen LogP contribution in [0.2, 0.25) is 5.02 Å². The van der Waals surface area contributed by atoms with Gasteiger partial charge in [0.2, 0.25) is 0 Å². The number of halogens is 1. The molecule has 2 aliphatic heterocycles. The maximum Gasteiger partial charge on any atom is 0.332 e. The zero-order valence-electron chi connectivity index (χ0n) is 12.2. The minimum atomic E-state index is -0.556. The van der Waals surface area contributed by atoms with Crippen LogP contribution < -0.4 is 9.64 Å². The van der Waals surface area contributed by atoms with Gasteiger partial charge in [0.25, 0.3) is 5.91 Å². The molecule has 0 bridgehead atoms. The zero-order valence-corrected chi connectivity index (χ0v) is 13.0. The summed E-state index contributed by atoms with van der Waals surface area (Å²) in [6, 6.07) is 4.05. The van der Waals surface area contributed by atoms with Gasteiger partial charge in [0.05, 0.1) is 36.4 Å². The number of urea groups is 1. The second-order valence-corrected chi connectivity index (χ2v) is 5.83. The largest absolute Gasteiger partial charge is 0.494 e. The molecule has 23 heavy (non-hydrogen) atoms. The van der Waals surface area contributed by atoms with E-state index in [4.69, 9.17) is 16.3 Å². The number of hydrogen-bond acceptors (Lipinski definition) is 4. The number of hydrogen-bond donors (Lipinski definition) is 1. The van der Waals surface area contributed by atoms with Crippen LogP contribution >= 0.6 is 11.6 Å². The highest BCUT2D eigenvalue weighted by Gasteiger charge is 2.49. The van der Waals surface area contributed by atoms with Gasteiger partial charge in [-0.25, -0.2) is 14.7 Å². The Labute approximate surface area is 136 Å². The van der Waals surface area contributed by atoms with Gasteiger partial charge in [-0.05, 0) is 12.1 Å². The van der Waals surface area contributed by atoms with Gasteiger partial charge in [-0.1, -0.05) is 17.7 Å². The van der Waals surface area contributed by atoms with E-state index < -0.39 is 12.1 Å². The molecule has 1 atom stereocenters. The Balaban J connectivity index is 1.78. The van der Waals surface area contributed by atoms with Crippen molar-refractivity contribution in [2.45, 2.75) is 19.0 Å². The summed E-state index contributed by atoms with van der Waals surface area (Å²) in [5.41, 5.74) is 1.97. The first-order valence-corrected chi connectivity index (χ1v) is 7.47. The lowest BCUT2D eigenvalue weighted by Crippen LogP contribution is -2.40. The molecule has 2 aromatic rings. The van der Waals surface area contributed by atoms with E-state index in [-0.39, 0.29) is 11.6 Å². The van der Waals surface area contributed by atoms with E-state index in [0.717, 1.165) is 16.3 Å². The standard InChI is InChI=1S/C15H13ClN4O3/c1-23-12-4-2-3-8(16)13(12)20-14(21)11-5-9-10(18-7-17-9)6-19(11)15(20)22/h2-4,7,11H,5-6H2,1H3,(H,17,18). The van der Waals surface area contributed by atoms with Crippen LogP contribution in [0.15, 0.2) is 24.5 Å². The summed E-state index contributed by atoms with van der Waals surface area (Å²) < 4.78 is 5.27. The molecule has 7 nitrogen and oxygen atoms in total. The molecule has 3 amide bonds. The van der Waals surface area contributed by atoms with E-state index in [1.165, 1.54) is 12.0 Å². The van der Waals surface area contributed by atoms with Gasteiger partial charge in [0, 0.05) is 6.42 Å². The normalized spacial score (nSPS) is 19.8. The van der Waals surface area contributed by atoms with Gasteiger partial charge in [-0.2, -0.15) is 0 Å². The van der Waals surface area contributed by atoms with Gasteiger partial charge < -0.3 is 14.6 Å². The third kappa shape index (κ3) is 1.93. The molecule has 1 fully saturated rings. The summed E-state index contributed by atoms with van der Waals surface area (Å²) >= 11 is 6.22. The maximum atomic E-state index is 12.8. The first-order valence-electron chi connectivity index (χ1n) is 7.10. The van der Waals surface area contributed by atoms with Crippen molar-refractivity contribution in [2.24, 2.45) is 0 Å². The Hall–Kier alpha value is -2.54. The van der Waals surface area contributed by atoms with Gasteiger partial charge in [0.15, 0.2) is 0 Å². The van der Waals surface area contributed by atoms with Crippen molar-refractivity contribution in [3.05, 3.63) is 40.9 Å². The first kappa shape index (κ1) is 14.1. The molecule has 1 saturated heterocycles. The van der Waals surface area contributed by atoms with Crippen molar-refractivity contribution < 1.29 is 14.3 Å². The lowest BCUT2D eigenvalue weighted by atomic mass is 10.0. The van der Waals surface area contributed by atoms with Crippen molar-refractivity contribution in [2.75, 3.05) is 12.0 Å². The number of amides is 3. The quantitative estimate of drug-likeness (QED) is 0.853. The van der Waals surface area contributed by atoms with Crippen LogP contribution in [0.5, 0.6) is 5.75 Å². The number of imide groups is 1. The number of H-pyrrole nitrogens is 1. The van der Waals surface area contributed by atoms with Gasteiger partial charge in [-0.3, -0.25) is 4.79 Å². The van der Waals surface area contributed by atoms with Crippen molar-refractivity contribution in [3.8, 4) is 5.75 Å². The zero-order chi connectivity index (χ0) is 16.1. The Bertz CT molecular complexity index is 780. The van der Waals surface area contributed by atoms with Crippen molar-refractivity contribution in [1.82, 2.24) is 14.9 Å². The van der Waals surface area contributed by atoms with Gasteiger partial charge in [-0.15, -0.1) is 0 Å². The van der Waals surface area contributed by atoms with Crippen LogP contribution in [0.1, 0.15) is 11.4 Å². The molecule has 1 N–H and O–H groups in total. The number of methoxy groups -OCH3 is 1. The summed E-state index contributed by atoms with van der Waals surface area (Å²) in [6.07, 6.45) is 1.98. The highest BCUT2D eigenvalue weighted by Crippen LogP contribution is 2.40. The number of rotatable bonds is 2. The van der Waals surface area contributed by atoms with E-state index in [1.807, 2.05) is 0 Å². The summed E-state index contributed by atoms with van der Waals surface area (Å²) in [7, 11) is 1.47. The molecular weight excluding hydrogens is 320 g/mol. The third-order valence-corrected chi connectivity index (χ3v) is 4.54. The van der Waals surface area contributed by atoms with Crippen LogP contribution in [0.3, 0.4) is 0 Å². The van der Waals surface area contributed by atoms with Crippen LogP contribution in [0.4, 0.5) is 10.5 Å². The number of carbonyl (C=O) groups is 2. The molecule has 1 unspecified atom stereocenters. The summed E-state index contributed by atoms with van der Waals surface area (Å²) in [6.45, 7) is 0.327. The number of aromatic amines is 1. The number of carbonyl (C=O) groups excluding carboxylic acids is 2. The number of nitrogens with one attached hydrogen (secondary N) is 1. The van der Waals surface area contributed by atoms with Crippen LogP contribution in [0, 0.1) is 0 Å². The minimum absolute atomic E-state index is 0.290. The highest BCUT2D eigenvalue weighted by atomic mass is 35.5. The van der Waals surface area contributed by atoms with Crippen LogP contribution in [0.25, 0.3) is 0 Å². The van der Waals surface area contributed by atoms with Gasteiger partial charge >= 0.3 is 6.03 Å². The number of imidazole rings is 1. The number of aromatic nitrogens is 2. The fourth-order valence-electron chi connectivity index (χ4n) is 3.11. The topological polar surface area (TPSA) is 78.5 Å². The summed E-state index contributed by atoms with van der Waals surface area (Å²) in [5.74, 6) is 0.0748. The fourth-order valence-corrected chi connectivity index (χ4v) is 3.36. The predicted molar refractivity (Wildman–Crippen MR) is 82.5 cm³/mol. The average Bonchev–Trinajstić information content (AvgIpc) is 3.10. The smallest absolute Gasteiger partial charge is 0.332 e. The average molecular weight is 333 g/mol. The van der Waals surface area contributed by atoms with Crippen molar-refractivity contribution in [3.63, 3.8) is 0 Å². The molecule has 3 heterocycles. The maximum absolute atomic E-state index is 12.8. The molecule has 1 aromatic heterocycles. The number of para-hydroxylation sites is 1. The van der Waals surface area contributed by atoms with Crippen molar-refractivity contribution >= 4 is 29.2 Å². The summed E-state index contributed by atoms with van der Waals surface area (Å²) in [4.78, 5) is 35.5. The predicted octanol–water partition coefficient (Wildman–Crippen LogP) is 1.97. The highest BCUT2D eigenvalue weighted by molar-refractivity contribution is 6.36. The molecule has 8 heteroatoms. The van der Waals surface area contributed by atoms with Crippen LogP contribution in [-0.2, 0) is 17.8 Å². The SMILES string of the molecule is COc1cccc(Cl)c1N1C(=O)C2Cc3nc[nH]c3CN2C1=O. The lowest BCUT2D eigenvalue weighted by Gasteiger charge is -2.25. The Morgan fingerprint density at radius 2 is 2.22 bits per heavy atom. The molecular formula is C15H13ClN4O3. The monoisotopic (exact) mass is 332 g/mol. The molecule has 0 aliphatic carbocycles. The Morgan fingerprint density at radius 1 is 1.39 bits per heavy atom. The van der Waals surface area contributed by atoms with Gasteiger partial charge in [0.1, 0.15) is 17.5 Å². The lowest BCUT2D eigenvalue weighted by molar-refractivity contribution is -0.120. The number of ether oxygens (including phenoxy) is 1. The van der Waals surface area contributed by atoms with E-state index in [0.29, 0.717) is 23.7 Å². The van der Waals surface area contributed by atoms with Crippen LogP contribution in [-0.4, -0.2) is 40.0 Å². The molecule has 0 saturated carbocycles.